The van der Waals surface area contributed by atoms with Crippen molar-refractivity contribution < 1.29 is 13.9 Å². The Bertz CT molecular complexity index is 365. The molecular formula is C10H11ClO3. The molecule has 0 amide bonds. The summed E-state index contributed by atoms with van der Waals surface area (Å²) in [6.07, 6.45) is 0. The van der Waals surface area contributed by atoms with Gasteiger partial charge in [0.25, 0.3) is 0 Å². The van der Waals surface area contributed by atoms with Crippen molar-refractivity contribution in [3.05, 3.63) is 29.7 Å². The van der Waals surface area contributed by atoms with Crippen LogP contribution in [0.3, 0.4) is 0 Å². The van der Waals surface area contributed by atoms with E-state index in [2.05, 4.69) is 11.3 Å². The van der Waals surface area contributed by atoms with Crippen LogP contribution >= 0.6 is 11.6 Å². The zero-order valence-corrected chi connectivity index (χ0v) is 8.85. The van der Waals surface area contributed by atoms with E-state index in [4.69, 9.17) is 16.0 Å². The van der Waals surface area contributed by atoms with Gasteiger partial charge in [0.15, 0.2) is 0 Å². The quantitative estimate of drug-likeness (QED) is 0.574. The summed E-state index contributed by atoms with van der Waals surface area (Å²) < 4.78 is 9.78. The average Bonchev–Trinajstić information content (AvgIpc) is 2.60. The maximum Gasteiger partial charge on any atom is 0.373 e. The van der Waals surface area contributed by atoms with Gasteiger partial charge in [-0.25, -0.2) is 4.79 Å². The Kier molecular flexibility index (Phi) is 3.36. The Hall–Kier alpha value is -1.22. The van der Waals surface area contributed by atoms with Crippen LogP contribution in [0.1, 0.15) is 28.8 Å². The normalized spacial score (nSPS) is 9.93. The van der Waals surface area contributed by atoms with Crippen LogP contribution < -0.4 is 0 Å². The van der Waals surface area contributed by atoms with Gasteiger partial charge in [0, 0.05) is 5.56 Å². The Morgan fingerprint density at radius 3 is 2.71 bits per heavy atom. The third-order valence-corrected chi connectivity index (χ3v) is 2.02. The van der Waals surface area contributed by atoms with Crippen molar-refractivity contribution in [2.45, 2.75) is 12.8 Å². The predicted molar refractivity (Wildman–Crippen MR) is 54.3 cm³/mol. The first-order valence-corrected chi connectivity index (χ1v) is 4.56. The smallest absolute Gasteiger partial charge is 0.373 e. The van der Waals surface area contributed by atoms with Crippen LogP contribution in [0.2, 0.25) is 0 Å². The number of furan rings is 1. The molecule has 0 saturated heterocycles. The zero-order valence-electron chi connectivity index (χ0n) is 8.09. The summed E-state index contributed by atoms with van der Waals surface area (Å²) in [5.74, 6) is 0.480. The van der Waals surface area contributed by atoms with E-state index in [0.29, 0.717) is 5.76 Å². The van der Waals surface area contributed by atoms with Gasteiger partial charge in [-0.15, -0.1) is 11.6 Å². The minimum atomic E-state index is -0.510. The molecule has 1 aromatic heterocycles. The van der Waals surface area contributed by atoms with Crippen LogP contribution in [-0.2, 0) is 10.6 Å². The molecule has 0 aliphatic heterocycles. The Balaban J connectivity index is 3.13. The van der Waals surface area contributed by atoms with Crippen LogP contribution in [-0.4, -0.2) is 13.1 Å². The van der Waals surface area contributed by atoms with Crippen molar-refractivity contribution in [1.29, 1.82) is 0 Å². The number of carbonyl (C=O) groups is 1. The molecule has 1 rings (SSSR count). The highest BCUT2D eigenvalue weighted by atomic mass is 35.5. The van der Waals surface area contributed by atoms with E-state index in [1.807, 2.05) is 0 Å². The second-order valence-corrected chi connectivity index (χ2v) is 3.14. The van der Waals surface area contributed by atoms with Crippen molar-refractivity contribution >= 4 is 23.1 Å². The van der Waals surface area contributed by atoms with Gasteiger partial charge >= 0.3 is 5.97 Å². The molecule has 4 heteroatoms. The van der Waals surface area contributed by atoms with Crippen LogP contribution in [0.5, 0.6) is 0 Å². The van der Waals surface area contributed by atoms with Crippen LogP contribution in [0.25, 0.3) is 5.57 Å². The molecule has 0 unspecified atom stereocenters. The monoisotopic (exact) mass is 214 g/mol. The molecule has 0 fully saturated rings. The first-order valence-electron chi connectivity index (χ1n) is 4.03. The number of allylic oxidation sites excluding steroid dienone is 1. The second-order valence-electron chi connectivity index (χ2n) is 2.87. The third-order valence-electron chi connectivity index (χ3n) is 1.73. The summed E-state index contributed by atoms with van der Waals surface area (Å²) in [5.41, 5.74) is 1.48. The number of halogens is 1. The molecular weight excluding hydrogens is 204 g/mol. The minimum absolute atomic E-state index is 0.154. The zero-order chi connectivity index (χ0) is 10.7. The van der Waals surface area contributed by atoms with E-state index in [0.717, 1.165) is 11.1 Å². The SMILES string of the molecule is C=C(C)c1oc(C(=O)OC)cc1CCl. The lowest BCUT2D eigenvalue weighted by Crippen LogP contribution is -1.98. The molecule has 0 aromatic carbocycles. The number of methoxy groups -OCH3 is 1. The number of hydrogen-bond donors (Lipinski definition) is 0. The molecule has 0 atom stereocenters. The molecule has 1 aromatic rings. The van der Waals surface area contributed by atoms with E-state index in [1.165, 1.54) is 7.11 Å². The second kappa shape index (κ2) is 4.33. The molecule has 0 aliphatic rings. The molecule has 0 N–H and O–H groups in total. The van der Waals surface area contributed by atoms with Crippen LogP contribution in [0, 0.1) is 0 Å². The van der Waals surface area contributed by atoms with E-state index in [1.54, 1.807) is 13.0 Å². The van der Waals surface area contributed by atoms with Crippen molar-refractivity contribution in [3.63, 3.8) is 0 Å². The fourth-order valence-corrected chi connectivity index (χ4v) is 1.29. The summed E-state index contributed by atoms with van der Waals surface area (Å²) >= 11 is 5.68. The van der Waals surface area contributed by atoms with E-state index >= 15 is 0 Å². The lowest BCUT2D eigenvalue weighted by Gasteiger charge is -1.95. The van der Waals surface area contributed by atoms with Crippen molar-refractivity contribution in [2.75, 3.05) is 7.11 Å². The van der Waals surface area contributed by atoms with Gasteiger partial charge in [0.2, 0.25) is 5.76 Å². The van der Waals surface area contributed by atoms with E-state index < -0.39 is 5.97 Å². The molecule has 0 spiro atoms. The molecule has 1 heterocycles. The van der Waals surface area contributed by atoms with E-state index in [-0.39, 0.29) is 11.6 Å². The highest BCUT2D eigenvalue weighted by Gasteiger charge is 2.16. The standard InChI is InChI=1S/C10H11ClO3/c1-6(2)9-7(5-11)4-8(14-9)10(12)13-3/h4H,1,5H2,2-3H3. The number of ether oxygens (including phenoxy) is 1. The van der Waals surface area contributed by atoms with Gasteiger partial charge in [-0.2, -0.15) is 0 Å². The van der Waals surface area contributed by atoms with Crippen LogP contribution in [0.15, 0.2) is 17.1 Å². The van der Waals surface area contributed by atoms with Gasteiger partial charge in [-0.1, -0.05) is 6.58 Å². The minimum Gasteiger partial charge on any atom is -0.463 e. The topological polar surface area (TPSA) is 39.4 Å². The number of carbonyl (C=O) groups excluding carboxylic acids is 1. The number of rotatable bonds is 3. The highest BCUT2D eigenvalue weighted by molar-refractivity contribution is 6.17. The largest absolute Gasteiger partial charge is 0.463 e. The summed E-state index contributed by atoms with van der Waals surface area (Å²) in [4.78, 5) is 11.1. The Labute approximate surface area is 87.3 Å². The number of alkyl halides is 1. The summed E-state index contributed by atoms with van der Waals surface area (Å²) in [7, 11) is 1.30. The lowest BCUT2D eigenvalue weighted by atomic mass is 10.2. The number of esters is 1. The predicted octanol–water partition coefficient (Wildman–Crippen LogP) is 2.84. The molecule has 3 nitrogen and oxygen atoms in total. The first kappa shape index (κ1) is 10.9. The van der Waals surface area contributed by atoms with Gasteiger partial charge in [-0.3, -0.25) is 0 Å². The van der Waals surface area contributed by atoms with Gasteiger partial charge in [0.05, 0.1) is 13.0 Å². The van der Waals surface area contributed by atoms with Gasteiger partial charge in [-0.05, 0) is 18.6 Å². The molecule has 0 saturated carbocycles. The van der Waals surface area contributed by atoms with Gasteiger partial charge < -0.3 is 9.15 Å². The van der Waals surface area contributed by atoms with Gasteiger partial charge in [0.1, 0.15) is 5.76 Å². The van der Waals surface area contributed by atoms with E-state index in [9.17, 15) is 4.79 Å². The Morgan fingerprint density at radius 1 is 1.71 bits per heavy atom. The highest BCUT2D eigenvalue weighted by Crippen LogP contribution is 2.23. The fourth-order valence-electron chi connectivity index (χ4n) is 1.09. The molecule has 0 bridgehead atoms. The molecule has 0 aliphatic carbocycles. The van der Waals surface area contributed by atoms with Crippen molar-refractivity contribution in [3.8, 4) is 0 Å². The van der Waals surface area contributed by atoms with Crippen LogP contribution in [0.4, 0.5) is 0 Å². The van der Waals surface area contributed by atoms with Crippen molar-refractivity contribution in [1.82, 2.24) is 0 Å². The fraction of sp³-hybridized carbons (Fsp3) is 0.300. The summed E-state index contributed by atoms with van der Waals surface area (Å²) in [6.45, 7) is 5.52. The molecule has 0 radical (unpaired) electrons. The molecule has 76 valence electrons. The maximum absolute atomic E-state index is 11.1. The average molecular weight is 215 g/mol. The Morgan fingerprint density at radius 2 is 2.36 bits per heavy atom. The summed E-state index contributed by atoms with van der Waals surface area (Å²) in [5, 5.41) is 0. The number of hydrogen-bond acceptors (Lipinski definition) is 3. The summed E-state index contributed by atoms with van der Waals surface area (Å²) in [6, 6.07) is 1.57. The first-order chi connectivity index (χ1) is 6.60. The van der Waals surface area contributed by atoms with Crippen molar-refractivity contribution in [2.24, 2.45) is 0 Å². The molecule has 14 heavy (non-hydrogen) atoms. The third kappa shape index (κ3) is 1.99. The maximum atomic E-state index is 11.1. The lowest BCUT2D eigenvalue weighted by molar-refractivity contribution is 0.0564.